The molecule has 2 aliphatic rings. The maximum absolute atomic E-state index is 12.1. The average molecular weight is 538 g/mol. The third kappa shape index (κ3) is 3.15. The fourth-order valence-electron chi connectivity index (χ4n) is 4.53. The summed E-state index contributed by atoms with van der Waals surface area (Å²) in [5.41, 5.74) is 6.01. The van der Waals surface area contributed by atoms with Gasteiger partial charge >= 0.3 is 188 Å². The molecule has 6 rings (SSSR count). The van der Waals surface area contributed by atoms with Crippen LogP contribution in [0.5, 0.6) is 0 Å². The van der Waals surface area contributed by atoms with Gasteiger partial charge in [0.1, 0.15) is 0 Å². The van der Waals surface area contributed by atoms with Gasteiger partial charge in [-0.1, -0.05) is 0 Å². The van der Waals surface area contributed by atoms with Gasteiger partial charge in [-0.25, -0.2) is 0 Å². The number of aromatic nitrogens is 4. The summed E-state index contributed by atoms with van der Waals surface area (Å²) in [6.45, 7) is 0.448. The van der Waals surface area contributed by atoms with Crippen molar-refractivity contribution in [1.29, 1.82) is 0 Å². The van der Waals surface area contributed by atoms with Crippen LogP contribution >= 0.6 is 0 Å². The Labute approximate surface area is 188 Å². The molecule has 0 aliphatic carbocycles. The van der Waals surface area contributed by atoms with Gasteiger partial charge in [0, 0.05) is 0 Å². The molecule has 2 aliphatic heterocycles. The predicted octanol–water partition coefficient (Wildman–Crippen LogP) is 0.661. The standard InChI is InChI=1S/C10H11N5O4.2C6H5.Sn/c11-10-13-8-7(9(18)14-10)12-3-15(8)6-1-4(17)5(2-16)19-6;2*1-2-4-6-5-3-1;/h3-6H,1-2H2,(H3,11,13,14,18);2*1-5H;/q-2;;;+2/t4-,5+,6+;;;/m1.../s1. The number of fused-ring (bicyclic) bond motifs is 2. The van der Waals surface area contributed by atoms with Crippen LogP contribution in [0, 0.1) is 0 Å². The van der Waals surface area contributed by atoms with Crippen LogP contribution in [0.15, 0.2) is 71.8 Å². The van der Waals surface area contributed by atoms with E-state index in [0.717, 1.165) is 7.16 Å². The van der Waals surface area contributed by atoms with Crippen molar-refractivity contribution in [3.8, 4) is 0 Å². The summed E-state index contributed by atoms with van der Waals surface area (Å²) in [6, 6.07) is 20.5. The van der Waals surface area contributed by atoms with E-state index >= 15 is 0 Å². The van der Waals surface area contributed by atoms with Crippen molar-refractivity contribution in [1.82, 2.24) is 19.5 Å². The first kappa shape index (κ1) is 19.9. The predicted molar refractivity (Wildman–Crippen MR) is 120 cm³/mol. The van der Waals surface area contributed by atoms with Gasteiger partial charge in [-0.3, -0.25) is 0 Å². The first-order valence-corrected chi connectivity index (χ1v) is 15.6. The van der Waals surface area contributed by atoms with Crippen molar-refractivity contribution in [3.05, 3.63) is 77.3 Å². The van der Waals surface area contributed by atoms with Crippen LogP contribution in [0.2, 0.25) is 0 Å². The summed E-state index contributed by atoms with van der Waals surface area (Å²) in [6.07, 6.45) is 1.45. The van der Waals surface area contributed by atoms with Gasteiger partial charge in [0.2, 0.25) is 0 Å². The Morgan fingerprint density at radius 2 is 1.72 bits per heavy atom. The SMILES string of the molecule is Nc1nc2c(ncn2[C@@H]2C[C@H]3[O][Sn]([c]4ccccc4)([c]4ccccc4)[O]C[C@@H]3O2)c(=O)[nH]1. The van der Waals surface area contributed by atoms with Crippen molar-refractivity contribution in [2.45, 2.75) is 24.9 Å². The zero-order chi connectivity index (χ0) is 21.7. The molecule has 0 spiro atoms. The number of hydrogen-bond donors (Lipinski definition) is 2. The maximum atomic E-state index is 12.1. The Kier molecular flexibility index (Phi) is 4.79. The number of nitrogens with zero attached hydrogens (tertiary/aromatic N) is 3. The van der Waals surface area contributed by atoms with E-state index in [0.29, 0.717) is 18.7 Å². The Balaban J connectivity index is 1.36. The number of H-pyrrole nitrogens is 1. The van der Waals surface area contributed by atoms with E-state index in [1.54, 1.807) is 10.9 Å². The van der Waals surface area contributed by atoms with Crippen LogP contribution in [0.4, 0.5) is 5.95 Å². The van der Waals surface area contributed by atoms with Crippen LogP contribution in [-0.4, -0.2) is 57.5 Å². The summed E-state index contributed by atoms with van der Waals surface area (Å²) in [5, 5.41) is 0. The molecule has 4 aromatic rings. The molecule has 3 atom stereocenters. The van der Waals surface area contributed by atoms with Gasteiger partial charge < -0.3 is 0 Å². The third-order valence-corrected chi connectivity index (χ3v) is 15.7. The number of anilines is 1. The van der Waals surface area contributed by atoms with E-state index in [1.807, 2.05) is 36.4 Å². The number of benzene rings is 2. The van der Waals surface area contributed by atoms with Crippen molar-refractivity contribution in [3.63, 3.8) is 0 Å². The molecule has 2 saturated heterocycles. The summed E-state index contributed by atoms with van der Waals surface area (Å²) < 4.78 is 23.8. The molecular formula is C22H21N5O4Sn. The molecule has 3 N–H and O–H groups in total. The number of hydrogen-bond acceptors (Lipinski definition) is 7. The Bertz CT molecular complexity index is 1290. The second kappa shape index (κ2) is 7.69. The van der Waals surface area contributed by atoms with Gasteiger partial charge in [0.25, 0.3) is 0 Å². The molecular weight excluding hydrogens is 517 g/mol. The summed E-state index contributed by atoms with van der Waals surface area (Å²) >= 11 is -3.86. The molecule has 32 heavy (non-hydrogen) atoms. The van der Waals surface area contributed by atoms with Crippen LogP contribution < -0.4 is 18.5 Å². The number of nitrogen functional groups attached to an aromatic ring is 1. The second-order valence-electron chi connectivity index (χ2n) is 7.96. The van der Waals surface area contributed by atoms with Crippen LogP contribution in [0.3, 0.4) is 0 Å². The van der Waals surface area contributed by atoms with E-state index in [-0.39, 0.29) is 35.5 Å². The summed E-state index contributed by atoms with van der Waals surface area (Å²) in [5.74, 6) is 0.0441. The quantitative estimate of drug-likeness (QED) is 0.369. The van der Waals surface area contributed by atoms with Gasteiger partial charge in [0.05, 0.1) is 0 Å². The Morgan fingerprint density at radius 1 is 1.03 bits per heavy atom. The first-order valence-electron chi connectivity index (χ1n) is 10.4. The fraction of sp³-hybridized carbons (Fsp3) is 0.227. The van der Waals surface area contributed by atoms with E-state index in [2.05, 4.69) is 39.2 Å². The number of ether oxygens (including phenoxy) is 1. The van der Waals surface area contributed by atoms with Crippen LogP contribution in [0.1, 0.15) is 12.6 Å². The number of aromatic amines is 1. The molecule has 2 aromatic heterocycles. The first-order chi connectivity index (χ1) is 15.6. The number of rotatable bonds is 3. The van der Waals surface area contributed by atoms with Gasteiger partial charge in [-0.15, -0.1) is 0 Å². The normalized spacial score (nSPS) is 24.4. The van der Waals surface area contributed by atoms with Gasteiger partial charge in [-0.2, -0.15) is 0 Å². The third-order valence-electron chi connectivity index (χ3n) is 6.02. The Hall–Kier alpha value is -2.73. The fourth-order valence-corrected chi connectivity index (χ4v) is 14.1. The van der Waals surface area contributed by atoms with Crippen molar-refractivity contribution in [2.24, 2.45) is 0 Å². The molecule has 0 radical (unpaired) electrons. The van der Waals surface area contributed by atoms with Crippen LogP contribution in [-0.2, 0) is 10.9 Å². The average Bonchev–Trinajstić information content (AvgIpc) is 3.43. The van der Waals surface area contributed by atoms with Crippen molar-refractivity contribution in [2.75, 3.05) is 12.3 Å². The number of nitrogens with two attached hydrogens (primary N) is 1. The van der Waals surface area contributed by atoms with Gasteiger partial charge in [-0.05, 0) is 0 Å². The van der Waals surface area contributed by atoms with Crippen molar-refractivity contribution >= 4 is 43.5 Å². The van der Waals surface area contributed by atoms with Gasteiger partial charge in [0.15, 0.2) is 0 Å². The zero-order valence-corrected chi connectivity index (χ0v) is 19.9. The molecule has 0 unspecified atom stereocenters. The molecule has 0 saturated carbocycles. The molecule has 2 fully saturated rings. The molecule has 4 heterocycles. The van der Waals surface area contributed by atoms with E-state index < -0.39 is 19.2 Å². The monoisotopic (exact) mass is 539 g/mol. The molecule has 2 aromatic carbocycles. The van der Waals surface area contributed by atoms with E-state index in [4.69, 9.17) is 16.6 Å². The summed E-state index contributed by atoms with van der Waals surface area (Å²) in [4.78, 5) is 23.1. The van der Waals surface area contributed by atoms with Crippen molar-refractivity contribution < 1.29 is 10.9 Å². The molecule has 9 nitrogen and oxygen atoms in total. The zero-order valence-electron chi connectivity index (χ0n) is 17.0. The van der Waals surface area contributed by atoms with Crippen LogP contribution in [0.25, 0.3) is 11.2 Å². The molecule has 0 amide bonds. The minimum atomic E-state index is -3.86. The van der Waals surface area contributed by atoms with E-state index in [9.17, 15) is 4.79 Å². The summed E-state index contributed by atoms with van der Waals surface area (Å²) in [7, 11) is 0. The Morgan fingerprint density at radius 3 is 2.41 bits per heavy atom. The minimum absolute atomic E-state index is 0.0441. The number of imidazole rings is 1. The van der Waals surface area contributed by atoms with E-state index in [1.165, 1.54) is 0 Å². The molecule has 0 bridgehead atoms. The second-order valence-corrected chi connectivity index (χ2v) is 16.3. The molecule has 162 valence electrons. The molecule has 10 heteroatoms. The topological polar surface area (TPSA) is 117 Å². The number of nitrogens with one attached hydrogen (secondary N) is 1.